The van der Waals surface area contributed by atoms with E-state index in [9.17, 15) is 24.3 Å². The Morgan fingerprint density at radius 3 is 1.84 bits per heavy atom. The minimum Gasteiger partial charge on any atom is -0.508 e. The number of carbonyl (C=O) groups excluding carboxylic acids is 4. The first kappa shape index (κ1) is 30.8. The highest BCUT2D eigenvalue weighted by atomic mass is 16.3. The number of hydrogen-bond donors (Lipinski definition) is 2. The summed E-state index contributed by atoms with van der Waals surface area (Å²) in [7, 11) is 0. The van der Waals surface area contributed by atoms with Crippen molar-refractivity contribution in [2.75, 3.05) is 32.7 Å². The Labute approximate surface area is 258 Å². The van der Waals surface area contributed by atoms with Gasteiger partial charge in [-0.15, -0.1) is 0 Å². The average molecular weight is 597 g/mol. The van der Waals surface area contributed by atoms with Crippen molar-refractivity contribution in [2.45, 2.75) is 50.6 Å². The molecular formula is C35H40N4O5. The number of nitrogens with one attached hydrogen (secondary N) is 1. The monoisotopic (exact) mass is 596 g/mol. The smallest absolute Gasteiger partial charge is 0.312 e. The van der Waals surface area contributed by atoms with Gasteiger partial charge in [-0.05, 0) is 67.3 Å². The van der Waals surface area contributed by atoms with Crippen molar-refractivity contribution >= 4 is 23.6 Å². The van der Waals surface area contributed by atoms with Crippen LogP contribution in [0.5, 0.6) is 5.75 Å². The van der Waals surface area contributed by atoms with Crippen molar-refractivity contribution in [3.8, 4) is 5.75 Å². The van der Waals surface area contributed by atoms with Gasteiger partial charge in [0.05, 0.1) is 6.04 Å². The zero-order chi connectivity index (χ0) is 30.9. The van der Waals surface area contributed by atoms with Gasteiger partial charge >= 0.3 is 23.6 Å². The average Bonchev–Trinajstić information content (AvgIpc) is 3.04. The van der Waals surface area contributed by atoms with Crippen molar-refractivity contribution in [1.29, 1.82) is 0 Å². The second-order valence-corrected chi connectivity index (χ2v) is 11.6. The number of rotatable bonds is 13. The molecule has 0 aromatic heterocycles. The van der Waals surface area contributed by atoms with Crippen LogP contribution in [0.2, 0.25) is 0 Å². The van der Waals surface area contributed by atoms with Crippen LogP contribution in [0.15, 0.2) is 84.9 Å². The highest BCUT2D eigenvalue weighted by Gasteiger charge is 2.39. The van der Waals surface area contributed by atoms with Crippen LogP contribution in [0.25, 0.3) is 0 Å². The number of hydrogen-bond acceptors (Lipinski definition) is 5. The number of amides is 4. The van der Waals surface area contributed by atoms with Crippen molar-refractivity contribution in [3.63, 3.8) is 0 Å². The molecule has 2 N–H and O–H groups in total. The second-order valence-electron chi connectivity index (χ2n) is 11.6. The predicted molar refractivity (Wildman–Crippen MR) is 167 cm³/mol. The summed E-state index contributed by atoms with van der Waals surface area (Å²) in [5, 5.41) is 12.4. The van der Waals surface area contributed by atoms with Crippen LogP contribution in [0, 0.1) is 0 Å². The topological polar surface area (TPSA) is 110 Å². The van der Waals surface area contributed by atoms with Gasteiger partial charge in [-0.3, -0.25) is 19.2 Å². The van der Waals surface area contributed by atoms with Gasteiger partial charge in [0.25, 0.3) is 0 Å². The molecule has 0 unspecified atom stereocenters. The van der Waals surface area contributed by atoms with Crippen LogP contribution in [-0.4, -0.2) is 88.2 Å². The summed E-state index contributed by atoms with van der Waals surface area (Å²) < 4.78 is 0. The van der Waals surface area contributed by atoms with Gasteiger partial charge < -0.3 is 25.1 Å². The Bertz CT molecular complexity index is 1430. The van der Waals surface area contributed by atoms with E-state index in [1.165, 1.54) is 0 Å². The zero-order valence-electron chi connectivity index (χ0n) is 24.9. The fourth-order valence-electron chi connectivity index (χ4n) is 6.12. The SMILES string of the molecule is O=C1NC[C@H](CCCCN2C[C@H](Cc3ccc(O)cc3)N(CCc3ccccc3)C(=O)C2=O)N(CCc2ccccc2)C1=O. The van der Waals surface area contributed by atoms with Crippen LogP contribution < -0.4 is 5.32 Å². The molecule has 4 amide bonds. The largest absolute Gasteiger partial charge is 0.508 e. The van der Waals surface area contributed by atoms with E-state index in [1.54, 1.807) is 26.8 Å². The molecule has 3 aromatic rings. The van der Waals surface area contributed by atoms with E-state index >= 15 is 0 Å². The third-order valence-electron chi connectivity index (χ3n) is 8.59. The lowest BCUT2D eigenvalue weighted by Crippen LogP contribution is -2.60. The number of unbranched alkanes of at least 4 members (excludes halogenated alkanes) is 1. The van der Waals surface area contributed by atoms with Crippen molar-refractivity contribution in [2.24, 2.45) is 0 Å². The molecule has 2 saturated heterocycles. The lowest BCUT2D eigenvalue weighted by atomic mass is 9.99. The molecule has 2 aliphatic heterocycles. The third-order valence-corrected chi connectivity index (χ3v) is 8.59. The van der Waals surface area contributed by atoms with Crippen molar-refractivity contribution < 1.29 is 24.3 Å². The van der Waals surface area contributed by atoms with E-state index in [0.29, 0.717) is 64.8 Å². The fraction of sp³-hybridized carbons (Fsp3) is 0.371. The molecule has 2 heterocycles. The van der Waals surface area contributed by atoms with Gasteiger partial charge in [0, 0.05) is 38.8 Å². The molecule has 2 atom stereocenters. The summed E-state index contributed by atoms with van der Waals surface area (Å²) in [5.41, 5.74) is 3.20. The van der Waals surface area contributed by atoms with Crippen LogP contribution in [-0.2, 0) is 38.4 Å². The van der Waals surface area contributed by atoms with Gasteiger partial charge in [0.2, 0.25) is 0 Å². The number of aromatic hydroxyl groups is 1. The van der Waals surface area contributed by atoms with Gasteiger partial charge in [0.1, 0.15) is 5.75 Å². The summed E-state index contributed by atoms with van der Waals surface area (Å²) in [5.74, 6) is -1.85. The third kappa shape index (κ3) is 7.83. The molecule has 0 aliphatic carbocycles. The summed E-state index contributed by atoms with van der Waals surface area (Å²) in [6.07, 6.45) is 4.02. The Morgan fingerprint density at radius 2 is 1.23 bits per heavy atom. The van der Waals surface area contributed by atoms with Crippen molar-refractivity contribution in [1.82, 2.24) is 20.0 Å². The number of benzene rings is 3. The van der Waals surface area contributed by atoms with E-state index in [1.807, 2.05) is 72.8 Å². The molecule has 0 spiro atoms. The minimum absolute atomic E-state index is 0.113. The Morgan fingerprint density at radius 1 is 0.636 bits per heavy atom. The van der Waals surface area contributed by atoms with Gasteiger partial charge in [0.15, 0.2) is 0 Å². The highest BCUT2D eigenvalue weighted by Crippen LogP contribution is 2.21. The first-order chi connectivity index (χ1) is 21.4. The predicted octanol–water partition coefficient (Wildman–Crippen LogP) is 2.96. The normalized spacial score (nSPS) is 19.0. The number of phenolic OH excluding ortho intramolecular Hbond substituents is 1. The minimum atomic E-state index is -0.566. The summed E-state index contributed by atoms with van der Waals surface area (Å²) in [6, 6.07) is 26.5. The van der Waals surface area contributed by atoms with Crippen LogP contribution in [0.1, 0.15) is 36.0 Å². The lowest BCUT2D eigenvalue weighted by Gasteiger charge is -2.41. The van der Waals surface area contributed by atoms with E-state index in [4.69, 9.17) is 0 Å². The Hall–Kier alpha value is -4.66. The number of phenols is 1. The lowest BCUT2D eigenvalue weighted by molar-refractivity contribution is -0.159. The van der Waals surface area contributed by atoms with E-state index < -0.39 is 23.6 Å². The molecule has 0 radical (unpaired) electrons. The molecule has 3 aromatic carbocycles. The molecule has 5 rings (SSSR count). The Balaban J connectivity index is 1.18. The van der Waals surface area contributed by atoms with Crippen LogP contribution in [0.4, 0.5) is 0 Å². The van der Waals surface area contributed by atoms with Crippen LogP contribution >= 0.6 is 0 Å². The maximum Gasteiger partial charge on any atom is 0.312 e. The van der Waals surface area contributed by atoms with E-state index in [0.717, 1.165) is 23.1 Å². The maximum atomic E-state index is 13.4. The standard InChI is InChI=1S/C35H40N4O5/c40-31-16-14-28(15-17-31)23-30-25-37(34(43)35(44)39(30)22-19-27-11-5-2-6-12-27)20-8-7-13-29-24-36-32(41)33(42)38(29)21-18-26-9-3-1-4-10-26/h1-6,9-12,14-17,29-30,40H,7-8,13,18-25H2,(H,36,41)/t29-,30-/m0/s1. The van der Waals surface area contributed by atoms with E-state index in [2.05, 4.69) is 5.32 Å². The first-order valence-corrected chi connectivity index (χ1v) is 15.4. The van der Waals surface area contributed by atoms with Gasteiger partial charge in [-0.25, -0.2) is 0 Å². The number of piperazine rings is 2. The van der Waals surface area contributed by atoms with Crippen molar-refractivity contribution in [3.05, 3.63) is 102 Å². The first-order valence-electron chi connectivity index (χ1n) is 15.4. The molecule has 2 aliphatic rings. The number of carbonyl (C=O) groups is 4. The number of nitrogens with zero attached hydrogens (tertiary/aromatic N) is 3. The molecule has 0 saturated carbocycles. The van der Waals surface area contributed by atoms with Crippen LogP contribution in [0.3, 0.4) is 0 Å². The quantitative estimate of drug-likeness (QED) is 0.233. The molecule has 2 fully saturated rings. The highest BCUT2D eigenvalue weighted by molar-refractivity contribution is 6.36. The second kappa shape index (κ2) is 14.7. The fourth-order valence-corrected chi connectivity index (χ4v) is 6.12. The van der Waals surface area contributed by atoms with Gasteiger partial charge in [-0.1, -0.05) is 72.8 Å². The summed E-state index contributed by atoms with van der Waals surface area (Å²) in [6.45, 7) is 2.20. The molecular weight excluding hydrogens is 556 g/mol. The molecule has 44 heavy (non-hydrogen) atoms. The zero-order valence-corrected chi connectivity index (χ0v) is 24.9. The maximum absolute atomic E-state index is 13.4. The molecule has 0 bridgehead atoms. The Kier molecular flexibility index (Phi) is 10.3. The summed E-state index contributed by atoms with van der Waals surface area (Å²) in [4.78, 5) is 56.5. The van der Waals surface area contributed by atoms with E-state index in [-0.39, 0.29) is 17.8 Å². The molecule has 9 nitrogen and oxygen atoms in total. The molecule has 230 valence electrons. The molecule has 9 heteroatoms. The summed E-state index contributed by atoms with van der Waals surface area (Å²) >= 11 is 0. The van der Waals surface area contributed by atoms with Gasteiger partial charge in [-0.2, -0.15) is 0 Å².